The standard InChI is InChI=1S/C14H25N5/c1-11-16-13(18(2)9-8-15)10-14(17-11)19(3)12-6-4-5-7-12/h10,12H,4-9,15H2,1-3H3. The van der Waals surface area contributed by atoms with Gasteiger partial charge < -0.3 is 15.5 Å². The van der Waals surface area contributed by atoms with Crippen LogP contribution in [0.3, 0.4) is 0 Å². The topological polar surface area (TPSA) is 58.3 Å². The van der Waals surface area contributed by atoms with Gasteiger partial charge in [0.05, 0.1) is 0 Å². The number of hydrogen-bond donors (Lipinski definition) is 1. The van der Waals surface area contributed by atoms with Crippen LogP contribution in [0.25, 0.3) is 0 Å². The van der Waals surface area contributed by atoms with Crippen LogP contribution in [0.15, 0.2) is 6.07 Å². The first-order chi connectivity index (χ1) is 9.11. The minimum atomic E-state index is 0.627. The zero-order chi connectivity index (χ0) is 13.8. The van der Waals surface area contributed by atoms with E-state index in [0.717, 1.165) is 24.0 Å². The lowest BCUT2D eigenvalue weighted by molar-refractivity contribution is 0.644. The Labute approximate surface area is 115 Å². The summed E-state index contributed by atoms with van der Waals surface area (Å²) in [5.74, 6) is 2.80. The van der Waals surface area contributed by atoms with Gasteiger partial charge in [-0.2, -0.15) is 0 Å². The number of anilines is 2. The molecular formula is C14H25N5. The van der Waals surface area contributed by atoms with E-state index in [4.69, 9.17) is 5.73 Å². The molecule has 106 valence electrons. The van der Waals surface area contributed by atoms with E-state index in [1.165, 1.54) is 25.7 Å². The molecule has 1 aromatic heterocycles. The first kappa shape index (κ1) is 14.1. The van der Waals surface area contributed by atoms with Gasteiger partial charge in [0.1, 0.15) is 17.5 Å². The predicted molar refractivity (Wildman–Crippen MR) is 79.8 cm³/mol. The Hall–Kier alpha value is -1.36. The molecule has 0 unspecified atom stereocenters. The fourth-order valence-electron chi connectivity index (χ4n) is 2.70. The van der Waals surface area contributed by atoms with Crippen molar-refractivity contribution in [2.75, 3.05) is 37.0 Å². The summed E-state index contributed by atoms with van der Waals surface area (Å²) in [6, 6.07) is 2.70. The van der Waals surface area contributed by atoms with E-state index in [2.05, 4.69) is 32.9 Å². The van der Waals surface area contributed by atoms with Crippen molar-refractivity contribution in [3.63, 3.8) is 0 Å². The first-order valence-corrected chi connectivity index (χ1v) is 7.11. The molecule has 0 aromatic carbocycles. The van der Waals surface area contributed by atoms with Crippen molar-refractivity contribution in [2.24, 2.45) is 5.73 Å². The third kappa shape index (κ3) is 3.35. The molecule has 0 aliphatic heterocycles. The third-order valence-corrected chi connectivity index (χ3v) is 3.90. The van der Waals surface area contributed by atoms with E-state index in [1.54, 1.807) is 0 Å². The quantitative estimate of drug-likeness (QED) is 0.873. The van der Waals surface area contributed by atoms with Crippen LogP contribution in [0, 0.1) is 6.92 Å². The number of hydrogen-bond acceptors (Lipinski definition) is 5. The Kier molecular flexibility index (Phi) is 4.58. The molecule has 5 heteroatoms. The van der Waals surface area contributed by atoms with E-state index < -0.39 is 0 Å². The second-order valence-electron chi connectivity index (χ2n) is 5.39. The molecule has 0 amide bonds. The summed E-state index contributed by atoms with van der Waals surface area (Å²) < 4.78 is 0. The normalized spacial score (nSPS) is 15.8. The number of likely N-dealkylation sites (N-methyl/N-ethyl adjacent to an activating group) is 1. The molecule has 0 saturated heterocycles. The second-order valence-corrected chi connectivity index (χ2v) is 5.39. The van der Waals surface area contributed by atoms with Crippen molar-refractivity contribution in [3.05, 3.63) is 11.9 Å². The van der Waals surface area contributed by atoms with E-state index in [-0.39, 0.29) is 0 Å². The molecule has 19 heavy (non-hydrogen) atoms. The molecule has 1 fully saturated rings. The number of rotatable bonds is 5. The zero-order valence-electron chi connectivity index (χ0n) is 12.3. The third-order valence-electron chi connectivity index (χ3n) is 3.90. The highest BCUT2D eigenvalue weighted by Gasteiger charge is 2.21. The Morgan fingerprint density at radius 2 is 1.84 bits per heavy atom. The van der Waals surface area contributed by atoms with Crippen LogP contribution in [-0.4, -0.2) is 43.2 Å². The molecule has 0 bridgehead atoms. The highest BCUT2D eigenvalue weighted by molar-refractivity contribution is 5.51. The fourth-order valence-corrected chi connectivity index (χ4v) is 2.70. The van der Waals surface area contributed by atoms with Crippen LogP contribution in [0.1, 0.15) is 31.5 Å². The lowest BCUT2D eigenvalue weighted by atomic mass is 10.2. The van der Waals surface area contributed by atoms with Crippen molar-refractivity contribution >= 4 is 11.6 Å². The van der Waals surface area contributed by atoms with Crippen LogP contribution < -0.4 is 15.5 Å². The van der Waals surface area contributed by atoms with Crippen LogP contribution in [-0.2, 0) is 0 Å². The highest BCUT2D eigenvalue weighted by Crippen LogP contribution is 2.27. The SMILES string of the molecule is Cc1nc(N(C)CCN)cc(N(C)C2CCCC2)n1. The van der Waals surface area contributed by atoms with Crippen LogP contribution in [0.4, 0.5) is 11.6 Å². The van der Waals surface area contributed by atoms with Gasteiger partial charge >= 0.3 is 0 Å². The van der Waals surface area contributed by atoms with Crippen molar-refractivity contribution in [1.82, 2.24) is 9.97 Å². The van der Waals surface area contributed by atoms with Crippen LogP contribution >= 0.6 is 0 Å². The number of nitrogens with zero attached hydrogens (tertiary/aromatic N) is 4. The molecule has 1 aliphatic rings. The first-order valence-electron chi connectivity index (χ1n) is 7.11. The molecule has 5 nitrogen and oxygen atoms in total. The van der Waals surface area contributed by atoms with Gasteiger partial charge in [-0.3, -0.25) is 0 Å². The largest absolute Gasteiger partial charge is 0.358 e. The molecule has 1 aromatic rings. The monoisotopic (exact) mass is 263 g/mol. The number of aryl methyl sites for hydroxylation is 1. The molecule has 1 heterocycles. The minimum absolute atomic E-state index is 0.627. The summed E-state index contributed by atoms with van der Waals surface area (Å²) in [5, 5.41) is 0. The van der Waals surface area contributed by atoms with E-state index in [9.17, 15) is 0 Å². The average molecular weight is 263 g/mol. The summed E-state index contributed by atoms with van der Waals surface area (Å²) in [6.07, 6.45) is 5.21. The van der Waals surface area contributed by atoms with Crippen molar-refractivity contribution < 1.29 is 0 Å². The van der Waals surface area contributed by atoms with Gasteiger partial charge in [-0.05, 0) is 19.8 Å². The Morgan fingerprint density at radius 1 is 1.21 bits per heavy atom. The molecule has 0 atom stereocenters. The molecule has 0 radical (unpaired) electrons. The lowest BCUT2D eigenvalue weighted by Gasteiger charge is -2.27. The summed E-state index contributed by atoms with van der Waals surface area (Å²) in [4.78, 5) is 13.5. The maximum atomic E-state index is 5.61. The maximum absolute atomic E-state index is 5.61. The summed E-state index contributed by atoms with van der Waals surface area (Å²) in [6.45, 7) is 3.39. The number of aromatic nitrogens is 2. The summed E-state index contributed by atoms with van der Waals surface area (Å²) in [5.41, 5.74) is 5.61. The van der Waals surface area contributed by atoms with Gasteiger partial charge in [0.25, 0.3) is 0 Å². The van der Waals surface area contributed by atoms with E-state index in [0.29, 0.717) is 12.6 Å². The maximum Gasteiger partial charge on any atom is 0.134 e. The van der Waals surface area contributed by atoms with Crippen molar-refractivity contribution in [1.29, 1.82) is 0 Å². The van der Waals surface area contributed by atoms with Crippen molar-refractivity contribution in [3.8, 4) is 0 Å². The number of nitrogens with two attached hydrogens (primary N) is 1. The summed E-state index contributed by atoms with van der Waals surface area (Å²) in [7, 11) is 4.17. The lowest BCUT2D eigenvalue weighted by Crippen LogP contribution is -2.31. The van der Waals surface area contributed by atoms with E-state index in [1.807, 2.05) is 14.0 Å². The molecular weight excluding hydrogens is 238 g/mol. The van der Waals surface area contributed by atoms with E-state index >= 15 is 0 Å². The van der Waals surface area contributed by atoms with Gasteiger partial charge in [-0.25, -0.2) is 9.97 Å². The molecule has 0 spiro atoms. The Morgan fingerprint density at radius 3 is 2.47 bits per heavy atom. The summed E-state index contributed by atoms with van der Waals surface area (Å²) >= 11 is 0. The zero-order valence-corrected chi connectivity index (χ0v) is 12.3. The van der Waals surface area contributed by atoms with Crippen LogP contribution in [0.2, 0.25) is 0 Å². The average Bonchev–Trinajstić information content (AvgIpc) is 2.91. The molecule has 1 saturated carbocycles. The minimum Gasteiger partial charge on any atom is -0.358 e. The Balaban J connectivity index is 2.20. The molecule has 1 aliphatic carbocycles. The second kappa shape index (κ2) is 6.19. The van der Waals surface area contributed by atoms with Gasteiger partial charge in [-0.15, -0.1) is 0 Å². The molecule has 2 N–H and O–H groups in total. The van der Waals surface area contributed by atoms with Crippen molar-refractivity contribution in [2.45, 2.75) is 38.6 Å². The van der Waals surface area contributed by atoms with Crippen LogP contribution in [0.5, 0.6) is 0 Å². The van der Waals surface area contributed by atoms with Gasteiger partial charge in [0, 0.05) is 39.3 Å². The fraction of sp³-hybridized carbons (Fsp3) is 0.714. The predicted octanol–water partition coefficient (Wildman–Crippen LogP) is 1.56. The van der Waals surface area contributed by atoms with Gasteiger partial charge in [-0.1, -0.05) is 12.8 Å². The smallest absolute Gasteiger partial charge is 0.134 e. The highest BCUT2D eigenvalue weighted by atomic mass is 15.2. The van der Waals surface area contributed by atoms with Gasteiger partial charge in [0.15, 0.2) is 0 Å². The van der Waals surface area contributed by atoms with Gasteiger partial charge in [0.2, 0.25) is 0 Å². The molecule has 2 rings (SSSR count). The Bertz CT molecular complexity index is 414.